The summed E-state index contributed by atoms with van der Waals surface area (Å²) in [5.41, 5.74) is 0. The smallest absolute Gasteiger partial charge is 0.242 e. The molecule has 0 aromatic rings. The van der Waals surface area contributed by atoms with Gasteiger partial charge in [-0.3, -0.25) is 4.79 Å². The molecule has 0 unspecified atom stereocenters. The minimum Gasteiger partial charge on any atom is -0.357 e. The standard InChI is InChI=1S/C13H26N4O/c1-6-10-15-13(14-7-2)16(5)11-12(18)17(8-3)9-4/h6H,1,7-11H2,2-5H3,(H,14,15). The zero-order valence-electron chi connectivity index (χ0n) is 12.1. The van der Waals surface area contributed by atoms with E-state index in [2.05, 4.69) is 16.9 Å². The van der Waals surface area contributed by atoms with E-state index in [1.165, 1.54) is 0 Å². The van der Waals surface area contributed by atoms with Gasteiger partial charge in [-0.05, 0) is 20.8 Å². The highest BCUT2D eigenvalue weighted by atomic mass is 16.2. The summed E-state index contributed by atoms with van der Waals surface area (Å²) in [6.45, 7) is 12.8. The summed E-state index contributed by atoms with van der Waals surface area (Å²) in [6, 6.07) is 0. The normalized spacial score (nSPS) is 11.0. The molecule has 0 bridgehead atoms. The van der Waals surface area contributed by atoms with Gasteiger partial charge in [0.15, 0.2) is 5.96 Å². The van der Waals surface area contributed by atoms with Gasteiger partial charge in [0.1, 0.15) is 0 Å². The summed E-state index contributed by atoms with van der Waals surface area (Å²) in [6.07, 6.45) is 1.73. The summed E-state index contributed by atoms with van der Waals surface area (Å²) in [4.78, 5) is 20.0. The predicted molar refractivity (Wildman–Crippen MR) is 76.7 cm³/mol. The van der Waals surface area contributed by atoms with Crippen molar-refractivity contribution in [2.45, 2.75) is 20.8 Å². The first-order valence-electron chi connectivity index (χ1n) is 6.48. The Morgan fingerprint density at radius 3 is 2.39 bits per heavy atom. The van der Waals surface area contributed by atoms with Crippen LogP contribution in [0.3, 0.4) is 0 Å². The quantitative estimate of drug-likeness (QED) is 0.418. The van der Waals surface area contributed by atoms with Gasteiger partial charge in [0.05, 0.1) is 13.1 Å². The summed E-state index contributed by atoms with van der Waals surface area (Å²) < 4.78 is 0. The van der Waals surface area contributed by atoms with Gasteiger partial charge in [0.2, 0.25) is 5.91 Å². The molecule has 1 N–H and O–H groups in total. The van der Waals surface area contributed by atoms with Crippen LogP contribution in [0.4, 0.5) is 0 Å². The van der Waals surface area contributed by atoms with Crippen molar-refractivity contribution in [1.29, 1.82) is 0 Å². The first kappa shape index (κ1) is 16.5. The predicted octanol–water partition coefficient (Wildman–Crippen LogP) is 0.938. The number of likely N-dealkylation sites (N-methyl/N-ethyl adjacent to an activating group) is 2. The molecule has 0 aromatic heterocycles. The highest BCUT2D eigenvalue weighted by Gasteiger charge is 2.14. The summed E-state index contributed by atoms with van der Waals surface area (Å²) in [5.74, 6) is 0.851. The molecule has 18 heavy (non-hydrogen) atoms. The van der Waals surface area contributed by atoms with Crippen molar-refractivity contribution < 1.29 is 4.79 Å². The second kappa shape index (κ2) is 9.50. The van der Waals surface area contributed by atoms with Crippen LogP contribution in [0, 0.1) is 0 Å². The first-order valence-corrected chi connectivity index (χ1v) is 6.48. The molecule has 0 heterocycles. The van der Waals surface area contributed by atoms with Gasteiger partial charge in [-0.15, -0.1) is 6.58 Å². The molecule has 0 aromatic carbocycles. The summed E-state index contributed by atoms with van der Waals surface area (Å²) in [5, 5.41) is 3.15. The lowest BCUT2D eigenvalue weighted by Gasteiger charge is -2.25. The Bertz CT molecular complexity index is 285. The van der Waals surface area contributed by atoms with E-state index in [0.717, 1.165) is 25.6 Å². The van der Waals surface area contributed by atoms with Gasteiger partial charge in [0.25, 0.3) is 0 Å². The van der Waals surface area contributed by atoms with Crippen molar-refractivity contribution in [2.75, 3.05) is 39.8 Å². The highest BCUT2D eigenvalue weighted by Crippen LogP contribution is 1.93. The number of guanidine groups is 1. The van der Waals surface area contributed by atoms with E-state index < -0.39 is 0 Å². The molecule has 1 amide bonds. The number of hydrogen-bond acceptors (Lipinski definition) is 2. The van der Waals surface area contributed by atoms with Crippen molar-refractivity contribution >= 4 is 11.9 Å². The van der Waals surface area contributed by atoms with Crippen LogP contribution in [-0.2, 0) is 4.79 Å². The van der Waals surface area contributed by atoms with Crippen LogP contribution >= 0.6 is 0 Å². The molecule has 0 aliphatic heterocycles. The number of carbonyl (C=O) groups is 1. The van der Waals surface area contributed by atoms with Gasteiger partial charge in [-0.25, -0.2) is 4.99 Å². The zero-order valence-corrected chi connectivity index (χ0v) is 12.1. The number of nitrogens with zero attached hydrogens (tertiary/aromatic N) is 3. The topological polar surface area (TPSA) is 47.9 Å². The Kier molecular flexibility index (Phi) is 8.70. The number of rotatable bonds is 7. The fourth-order valence-corrected chi connectivity index (χ4v) is 1.57. The highest BCUT2D eigenvalue weighted by molar-refractivity contribution is 5.86. The van der Waals surface area contributed by atoms with Crippen molar-refractivity contribution in [1.82, 2.24) is 15.1 Å². The van der Waals surface area contributed by atoms with Gasteiger partial charge < -0.3 is 15.1 Å². The van der Waals surface area contributed by atoms with Crippen LogP contribution in [0.1, 0.15) is 20.8 Å². The maximum atomic E-state index is 12.0. The van der Waals surface area contributed by atoms with E-state index in [1.807, 2.05) is 37.6 Å². The van der Waals surface area contributed by atoms with E-state index in [1.54, 1.807) is 6.08 Å². The van der Waals surface area contributed by atoms with E-state index in [9.17, 15) is 4.79 Å². The summed E-state index contributed by atoms with van der Waals surface area (Å²) in [7, 11) is 1.87. The molecule has 0 aliphatic rings. The average molecular weight is 254 g/mol. The SMILES string of the molecule is C=CCN=C(NCC)N(C)CC(=O)N(CC)CC. The molecule has 0 radical (unpaired) electrons. The minimum absolute atomic E-state index is 0.117. The van der Waals surface area contributed by atoms with Crippen LogP contribution in [0.15, 0.2) is 17.6 Å². The third-order valence-electron chi connectivity index (χ3n) is 2.56. The summed E-state index contributed by atoms with van der Waals surface area (Å²) >= 11 is 0. The third-order valence-corrected chi connectivity index (χ3v) is 2.56. The van der Waals surface area contributed by atoms with E-state index in [-0.39, 0.29) is 5.91 Å². The molecular weight excluding hydrogens is 228 g/mol. The number of aliphatic imine (C=N–C) groups is 1. The molecule has 0 spiro atoms. The Morgan fingerprint density at radius 2 is 1.94 bits per heavy atom. The molecular formula is C13H26N4O. The van der Waals surface area contributed by atoms with Crippen LogP contribution in [-0.4, -0.2) is 61.4 Å². The first-order chi connectivity index (χ1) is 8.60. The van der Waals surface area contributed by atoms with Gasteiger partial charge in [-0.1, -0.05) is 6.08 Å². The van der Waals surface area contributed by atoms with Crippen LogP contribution in [0.2, 0.25) is 0 Å². The van der Waals surface area contributed by atoms with Crippen LogP contribution in [0.5, 0.6) is 0 Å². The molecule has 5 nitrogen and oxygen atoms in total. The number of nitrogens with one attached hydrogen (secondary N) is 1. The Hall–Kier alpha value is -1.52. The van der Waals surface area contributed by atoms with Crippen molar-refractivity contribution in [3.63, 3.8) is 0 Å². The second-order valence-corrected chi connectivity index (χ2v) is 3.91. The monoisotopic (exact) mass is 254 g/mol. The Morgan fingerprint density at radius 1 is 1.33 bits per heavy atom. The van der Waals surface area contributed by atoms with E-state index >= 15 is 0 Å². The van der Waals surface area contributed by atoms with Crippen molar-refractivity contribution in [2.24, 2.45) is 4.99 Å². The molecule has 0 aliphatic carbocycles. The second-order valence-electron chi connectivity index (χ2n) is 3.91. The van der Waals surface area contributed by atoms with Gasteiger partial charge in [-0.2, -0.15) is 0 Å². The van der Waals surface area contributed by atoms with Crippen molar-refractivity contribution in [3.8, 4) is 0 Å². The molecule has 0 saturated heterocycles. The Labute approximate surface area is 111 Å². The number of amides is 1. The maximum absolute atomic E-state index is 12.0. The maximum Gasteiger partial charge on any atom is 0.242 e. The number of carbonyl (C=O) groups excluding carboxylic acids is 1. The van der Waals surface area contributed by atoms with E-state index in [0.29, 0.717) is 13.1 Å². The zero-order chi connectivity index (χ0) is 14.0. The molecule has 0 saturated carbocycles. The molecule has 0 atom stereocenters. The fourth-order valence-electron chi connectivity index (χ4n) is 1.57. The molecule has 0 rings (SSSR count). The lowest BCUT2D eigenvalue weighted by molar-refractivity contribution is -0.131. The van der Waals surface area contributed by atoms with Gasteiger partial charge in [0, 0.05) is 26.7 Å². The minimum atomic E-state index is 0.117. The average Bonchev–Trinajstić information content (AvgIpc) is 2.35. The Balaban J connectivity index is 4.53. The molecule has 0 fully saturated rings. The van der Waals surface area contributed by atoms with Gasteiger partial charge >= 0.3 is 0 Å². The van der Waals surface area contributed by atoms with E-state index in [4.69, 9.17) is 0 Å². The lowest BCUT2D eigenvalue weighted by Crippen LogP contribution is -2.45. The lowest BCUT2D eigenvalue weighted by atomic mass is 10.4. The fraction of sp³-hybridized carbons (Fsp3) is 0.692. The van der Waals surface area contributed by atoms with Crippen LogP contribution in [0.25, 0.3) is 0 Å². The van der Waals surface area contributed by atoms with Crippen LogP contribution < -0.4 is 5.32 Å². The largest absolute Gasteiger partial charge is 0.357 e. The molecule has 104 valence electrons. The molecule has 5 heteroatoms. The third kappa shape index (κ3) is 5.70. The number of hydrogen-bond donors (Lipinski definition) is 1. The van der Waals surface area contributed by atoms with Crippen molar-refractivity contribution in [3.05, 3.63) is 12.7 Å².